The van der Waals surface area contributed by atoms with Crippen molar-refractivity contribution in [3.05, 3.63) is 28.4 Å². The zero-order valence-corrected chi connectivity index (χ0v) is 10.8. The largest absolute Gasteiger partial charge is 0.281 e. The Hall–Kier alpha value is -0.540. The highest BCUT2D eigenvalue weighted by Crippen LogP contribution is 2.27. The van der Waals surface area contributed by atoms with E-state index in [2.05, 4.69) is 39.1 Å². The van der Waals surface area contributed by atoms with Crippen LogP contribution in [0.1, 0.15) is 25.0 Å². The lowest BCUT2D eigenvalue weighted by Crippen LogP contribution is -1.95. The van der Waals surface area contributed by atoms with Crippen LogP contribution in [-0.2, 0) is 0 Å². The standard InChI is InChI=1S/C11H12BrClN2/c1-7(4-5-13)11-9-6-8(12)2-3-10(9)14-15-11/h2-3,6-7H,4-5H2,1H3,(H,14,15). The van der Waals surface area contributed by atoms with E-state index in [0.29, 0.717) is 11.8 Å². The second-order valence-electron chi connectivity index (χ2n) is 3.68. The Morgan fingerprint density at radius 1 is 1.53 bits per heavy atom. The molecule has 1 aromatic heterocycles. The highest BCUT2D eigenvalue weighted by Gasteiger charge is 2.12. The van der Waals surface area contributed by atoms with Crippen molar-refractivity contribution in [1.82, 2.24) is 10.2 Å². The first-order chi connectivity index (χ1) is 7.22. The highest BCUT2D eigenvalue weighted by molar-refractivity contribution is 9.10. The summed E-state index contributed by atoms with van der Waals surface area (Å²) in [5.41, 5.74) is 2.18. The number of nitrogens with one attached hydrogen (secondary N) is 1. The van der Waals surface area contributed by atoms with Crippen LogP contribution in [0.15, 0.2) is 22.7 Å². The number of rotatable bonds is 3. The summed E-state index contributed by atoms with van der Waals surface area (Å²) < 4.78 is 1.08. The van der Waals surface area contributed by atoms with Crippen LogP contribution in [0.25, 0.3) is 10.9 Å². The van der Waals surface area contributed by atoms with Crippen LogP contribution < -0.4 is 0 Å². The van der Waals surface area contributed by atoms with E-state index in [4.69, 9.17) is 11.6 Å². The predicted octanol–water partition coefficient (Wildman–Crippen LogP) is 4.06. The first-order valence-electron chi connectivity index (χ1n) is 4.92. The van der Waals surface area contributed by atoms with Crippen molar-refractivity contribution in [2.45, 2.75) is 19.3 Å². The Bertz CT molecular complexity index is 467. The van der Waals surface area contributed by atoms with Gasteiger partial charge in [0.15, 0.2) is 0 Å². The molecular weight excluding hydrogens is 275 g/mol. The average Bonchev–Trinajstić information content (AvgIpc) is 2.60. The maximum Gasteiger partial charge on any atom is 0.0924 e. The molecule has 0 spiro atoms. The van der Waals surface area contributed by atoms with Gasteiger partial charge in [-0.1, -0.05) is 22.9 Å². The van der Waals surface area contributed by atoms with Crippen LogP contribution in [0.5, 0.6) is 0 Å². The number of H-pyrrole nitrogens is 1. The van der Waals surface area contributed by atoms with E-state index >= 15 is 0 Å². The van der Waals surface area contributed by atoms with Crippen LogP contribution >= 0.6 is 27.5 Å². The third-order valence-electron chi connectivity index (χ3n) is 2.58. The summed E-state index contributed by atoms with van der Waals surface area (Å²) in [5.74, 6) is 1.09. The van der Waals surface area contributed by atoms with E-state index in [1.54, 1.807) is 0 Å². The number of nitrogens with zero attached hydrogens (tertiary/aromatic N) is 1. The Kier molecular flexibility index (Phi) is 3.32. The lowest BCUT2D eigenvalue weighted by molar-refractivity contribution is 0.712. The maximum atomic E-state index is 5.75. The van der Waals surface area contributed by atoms with Crippen molar-refractivity contribution in [2.75, 3.05) is 5.88 Å². The molecule has 0 aliphatic rings. The average molecular weight is 288 g/mol. The van der Waals surface area contributed by atoms with Gasteiger partial charge in [0.1, 0.15) is 0 Å². The van der Waals surface area contributed by atoms with Crippen molar-refractivity contribution in [2.24, 2.45) is 0 Å². The summed E-state index contributed by atoms with van der Waals surface area (Å²) in [5, 5.41) is 8.55. The zero-order valence-electron chi connectivity index (χ0n) is 8.43. The molecule has 0 saturated carbocycles. The minimum Gasteiger partial charge on any atom is -0.281 e. The van der Waals surface area contributed by atoms with Crippen LogP contribution in [0.3, 0.4) is 0 Å². The molecule has 15 heavy (non-hydrogen) atoms. The second-order valence-corrected chi connectivity index (χ2v) is 4.97. The normalized spacial score (nSPS) is 13.3. The number of aromatic nitrogens is 2. The molecule has 2 aromatic rings. The van der Waals surface area contributed by atoms with Crippen molar-refractivity contribution in [3.8, 4) is 0 Å². The van der Waals surface area contributed by atoms with E-state index in [0.717, 1.165) is 16.4 Å². The van der Waals surface area contributed by atoms with E-state index in [1.807, 2.05) is 12.1 Å². The molecule has 0 amide bonds. The molecule has 1 heterocycles. The van der Waals surface area contributed by atoms with Gasteiger partial charge < -0.3 is 0 Å². The monoisotopic (exact) mass is 286 g/mol. The quantitative estimate of drug-likeness (QED) is 0.847. The second kappa shape index (κ2) is 4.54. The SMILES string of the molecule is CC(CCCl)c1[nH]nc2ccc(Br)cc12. The van der Waals surface area contributed by atoms with Crippen molar-refractivity contribution >= 4 is 38.4 Å². The lowest BCUT2D eigenvalue weighted by Gasteiger charge is -2.06. The number of alkyl halides is 1. The smallest absolute Gasteiger partial charge is 0.0924 e. The van der Waals surface area contributed by atoms with Gasteiger partial charge in [-0.25, -0.2) is 0 Å². The number of hydrogen-bond donors (Lipinski definition) is 1. The molecule has 0 fully saturated rings. The molecule has 2 nitrogen and oxygen atoms in total. The van der Waals surface area contributed by atoms with Gasteiger partial charge in [0, 0.05) is 21.4 Å². The predicted molar refractivity (Wildman–Crippen MR) is 67.5 cm³/mol. The topological polar surface area (TPSA) is 28.7 Å². The van der Waals surface area contributed by atoms with Gasteiger partial charge in [0.25, 0.3) is 0 Å². The number of fused-ring (bicyclic) bond motifs is 1. The number of benzene rings is 1. The number of hydrogen-bond acceptors (Lipinski definition) is 1. The van der Waals surface area contributed by atoms with E-state index in [9.17, 15) is 0 Å². The minimum absolute atomic E-state index is 0.418. The molecule has 4 heteroatoms. The number of halogens is 2. The molecule has 2 rings (SSSR count). The van der Waals surface area contributed by atoms with Crippen LogP contribution in [0.2, 0.25) is 0 Å². The summed E-state index contributed by atoms with van der Waals surface area (Å²) in [6, 6.07) is 6.10. The van der Waals surface area contributed by atoms with E-state index < -0.39 is 0 Å². The lowest BCUT2D eigenvalue weighted by atomic mass is 10.0. The van der Waals surface area contributed by atoms with Crippen LogP contribution in [-0.4, -0.2) is 16.1 Å². The molecule has 0 aliphatic heterocycles. The van der Waals surface area contributed by atoms with Gasteiger partial charge in [-0.3, -0.25) is 5.10 Å². The van der Waals surface area contributed by atoms with Crippen LogP contribution in [0.4, 0.5) is 0 Å². The summed E-state index contributed by atoms with van der Waals surface area (Å²) in [4.78, 5) is 0. The van der Waals surface area contributed by atoms with Gasteiger partial charge in [-0.05, 0) is 30.5 Å². The van der Waals surface area contributed by atoms with E-state index in [1.165, 1.54) is 11.1 Å². The maximum absolute atomic E-state index is 5.75. The van der Waals surface area contributed by atoms with Gasteiger partial charge in [0.05, 0.1) is 5.52 Å². The third-order valence-corrected chi connectivity index (χ3v) is 3.29. The first kappa shape index (κ1) is 11.0. The third kappa shape index (κ3) is 2.18. The van der Waals surface area contributed by atoms with Crippen molar-refractivity contribution in [1.29, 1.82) is 0 Å². The van der Waals surface area contributed by atoms with Crippen molar-refractivity contribution in [3.63, 3.8) is 0 Å². The molecule has 1 N–H and O–H groups in total. The van der Waals surface area contributed by atoms with E-state index in [-0.39, 0.29) is 0 Å². The fraction of sp³-hybridized carbons (Fsp3) is 0.364. The number of aromatic amines is 1. The molecular formula is C11H12BrClN2. The van der Waals surface area contributed by atoms with Crippen LogP contribution in [0, 0.1) is 0 Å². The Balaban J connectivity index is 2.47. The Labute approximate surface area is 102 Å². The summed E-state index contributed by atoms with van der Waals surface area (Å²) in [6.07, 6.45) is 0.964. The molecule has 0 aliphatic carbocycles. The summed E-state index contributed by atoms with van der Waals surface area (Å²) in [7, 11) is 0. The Morgan fingerprint density at radius 3 is 3.07 bits per heavy atom. The molecule has 1 unspecified atom stereocenters. The summed E-state index contributed by atoms with van der Waals surface area (Å²) >= 11 is 9.22. The Morgan fingerprint density at radius 2 is 2.33 bits per heavy atom. The molecule has 0 bridgehead atoms. The van der Waals surface area contributed by atoms with Gasteiger partial charge in [0.2, 0.25) is 0 Å². The molecule has 0 radical (unpaired) electrons. The fourth-order valence-electron chi connectivity index (χ4n) is 1.69. The highest BCUT2D eigenvalue weighted by atomic mass is 79.9. The first-order valence-corrected chi connectivity index (χ1v) is 6.24. The van der Waals surface area contributed by atoms with Gasteiger partial charge >= 0.3 is 0 Å². The fourth-order valence-corrected chi connectivity index (χ4v) is 2.37. The van der Waals surface area contributed by atoms with Gasteiger partial charge in [-0.15, -0.1) is 11.6 Å². The van der Waals surface area contributed by atoms with Gasteiger partial charge in [-0.2, -0.15) is 5.10 Å². The zero-order chi connectivity index (χ0) is 10.8. The van der Waals surface area contributed by atoms with Crippen molar-refractivity contribution < 1.29 is 0 Å². The molecule has 0 saturated heterocycles. The molecule has 80 valence electrons. The molecule has 1 atom stereocenters. The molecule has 1 aromatic carbocycles. The summed E-state index contributed by atoms with van der Waals surface area (Å²) in [6.45, 7) is 2.16. The minimum atomic E-state index is 0.418.